The molecule has 0 radical (unpaired) electrons. The van der Waals surface area contributed by atoms with E-state index in [0.717, 1.165) is 5.56 Å². The molecule has 160 valence electrons. The molecule has 0 fully saturated rings. The number of esters is 1. The minimum absolute atomic E-state index is 0.0784. The Kier molecular flexibility index (Phi) is 6.62. The Bertz CT molecular complexity index is 1230. The van der Waals surface area contributed by atoms with Gasteiger partial charge in [-0.1, -0.05) is 35.9 Å². The van der Waals surface area contributed by atoms with Gasteiger partial charge in [-0.05, 0) is 49.4 Å². The summed E-state index contributed by atoms with van der Waals surface area (Å²) < 4.78 is 31.2. The summed E-state index contributed by atoms with van der Waals surface area (Å²) in [6.45, 7) is 1.87. The van der Waals surface area contributed by atoms with E-state index in [9.17, 15) is 18.0 Å². The highest BCUT2D eigenvalue weighted by molar-refractivity contribution is 7.94. The minimum atomic E-state index is -4.11. The van der Waals surface area contributed by atoms with Gasteiger partial charge in [-0.15, -0.1) is 0 Å². The van der Waals surface area contributed by atoms with Gasteiger partial charge in [-0.2, -0.15) is 12.2 Å². The highest BCUT2D eigenvalue weighted by Gasteiger charge is 2.25. The van der Waals surface area contributed by atoms with E-state index in [1.165, 1.54) is 37.4 Å². The van der Waals surface area contributed by atoms with Gasteiger partial charge in [0.05, 0.1) is 28.9 Å². The first-order valence-electron chi connectivity index (χ1n) is 9.10. The number of sulfonamides is 1. The van der Waals surface area contributed by atoms with Crippen LogP contribution < -0.4 is 9.14 Å². The van der Waals surface area contributed by atoms with Crippen LogP contribution in [0.4, 0.5) is 11.4 Å². The van der Waals surface area contributed by atoms with Crippen molar-refractivity contribution in [3.8, 4) is 0 Å². The molecule has 0 aromatic heterocycles. The highest BCUT2D eigenvalue weighted by atomic mass is 35.5. The van der Waals surface area contributed by atoms with Gasteiger partial charge in [0, 0.05) is 17.3 Å². The molecule has 0 heterocycles. The van der Waals surface area contributed by atoms with E-state index in [1.807, 2.05) is 6.92 Å². The number of carbonyl (C=O) groups excluding carboxylic acids is 2. The molecule has 0 saturated carbocycles. The lowest BCUT2D eigenvalue weighted by atomic mass is 10.1. The molecule has 3 aromatic carbocycles. The van der Waals surface area contributed by atoms with E-state index >= 15 is 0 Å². The number of nitrogens with zero attached hydrogens (tertiary/aromatic N) is 1. The molecule has 3 rings (SSSR count). The average molecular weight is 459 g/mol. The summed E-state index contributed by atoms with van der Waals surface area (Å²) in [5.74, 6) is -1.20. The predicted molar refractivity (Wildman–Crippen MR) is 119 cm³/mol. The van der Waals surface area contributed by atoms with E-state index in [4.69, 9.17) is 16.5 Å². The molecule has 1 N–H and O–H groups in total. The van der Waals surface area contributed by atoms with Crippen LogP contribution in [0.3, 0.4) is 0 Å². The number of anilines is 2. The topological polar surface area (TPSA) is 92.8 Å². The number of hydrogen-bond acceptors (Lipinski definition) is 5. The van der Waals surface area contributed by atoms with E-state index < -0.39 is 21.9 Å². The largest absolute Gasteiger partial charge is 0.465 e. The number of carbonyl (C=O) groups is 2. The lowest BCUT2D eigenvalue weighted by molar-refractivity contribution is 0.0602. The first-order valence-corrected chi connectivity index (χ1v) is 10.9. The molecule has 0 aliphatic rings. The Hall–Kier alpha value is -3.36. The Morgan fingerprint density at radius 3 is 2.32 bits per heavy atom. The molecule has 0 aliphatic carbocycles. The van der Waals surface area contributed by atoms with Gasteiger partial charge in [0.25, 0.3) is 15.9 Å². The molecule has 1 amide bonds. The average Bonchev–Trinajstić information content (AvgIpc) is 2.79. The summed E-state index contributed by atoms with van der Waals surface area (Å²) in [6.07, 6.45) is 0. The van der Waals surface area contributed by atoms with Gasteiger partial charge >= 0.3 is 5.97 Å². The fraction of sp³-hybridized carbons (Fsp3) is 0.0909. The monoisotopic (exact) mass is 458 g/mol. The first-order chi connectivity index (χ1) is 14.7. The number of methoxy groups -OCH3 is 1. The van der Waals surface area contributed by atoms with Crippen LogP contribution in [-0.4, -0.2) is 27.4 Å². The second-order valence-electron chi connectivity index (χ2n) is 6.57. The zero-order valence-electron chi connectivity index (χ0n) is 16.7. The third kappa shape index (κ3) is 4.87. The van der Waals surface area contributed by atoms with Crippen molar-refractivity contribution < 1.29 is 22.7 Å². The quantitative estimate of drug-likeness (QED) is 0.437. The maximum atomic E-state index is 12.9. The van der Waals surface area contributed by atoms with E-state index in [2.05, 4.69) is 5.32 Å². The van der Waals surface area contributed by atoms with Crippen LogP contribution in [0.2, 0.25) is 0 Å². The maximum absolute atomic E-state index is 12.9. The molecule has 9 heteroatoms. The molecular weight excluding hydrogens is 440 g/mol. The molecule has 0 saturated heterocycles. The number of nitrogens with one attached hydrogen (secondary N) is 1. The molecule has 0 atom stereocenters. The Labute approximate surface area is 185 Å². The summed E-state index contributed by atoms with van der Waals surface area (Å²) in [5, 5.41) is 2.61. The smallest absolute Gasteiger partial charge is 0.339 e. The van der Waals surface area contributed by atoms with E-state index in [1.54, 1.807) is 42.5 Å². The minimum Gasteiger partial charge on any atom is -0.465 e. The third-order valence-electron chi connectivity index (χ3n) is 4.42. The summed E-state index contributed by atoms with van der Waals surface area (Å²) in [7, 11) is -2.88. The van der Waals surface area contributed by atoms with Crippen LogP contribution in [0.5, 0.6) is 0 Å². The number of aryl methyl sites for hydroxylation is 1. The zero-order chi connectivity index (χ0) is 22.6. The fourth-order valence-corrected chi connectivity index (χ4v) is 4.23. The van der Waals surface area contributed by atoms with Gasteiger partial charge in [0.1, 0.15) is 0 Å². The van der Waals surface area contributed by atoms with Crippen molar-refractivity contribution in [2.45, 2.75) is 11.8 Å². The van der Waals surface area contributed by atoms with Crippen molar-refractivity contribution in [1.29, 1.82) is 0 Å². The zero-order valence-corrected chi connectivity index (χ0v) is 18.3. The van der Waals surface area contributed by atoms with Crippen LogP contribution in [0.25, 0.3) is 0 Å². The van der Waals surface area contributed by atoms with Crippen molar-refractivity contribution in [3.63, 3.8) is 0 Å². The standard InChI is InChI=1S/C22H19ClN2O5S/c1-15-10-12-17(13-11-15)25(23)31(28,29)18-7-5-6-16(14-18)21(26)24-20-9-4-3-8-19(20)22(27)30-2/h3-14H,1-2H3,(H,24,26). The van der Waals surface area contributed by atoms with Crippen LogP contribution in [-0.2, 0) is 14.8 Å². The number of benzene rings is 3. The van der Waals surface area contributed by atoms with Crippen molar-refractivity contribution in [3.05, 3.63) is 89.5 Å². The SMILES string of the molecule is COC(=O)c1ccccc1NC(=O)c1cccc(S(=O)(=O)N(Cl)c2ccc(C)cc2)c1. The van der Waals surface area contributed by atoms with Gasteiger partial charge in [0.15, 0.2) is 0 Å². The molecule has 0 unspecified atom stereocenters. The normalized spacial score (nSPS) is 10.9. The fourth-order valence-electron chi connectivity index (χ4n) is 2.77. The summed E-state index contributed by atoms with van der Waals surface area (Å²) >= 11 is 6.11. The molecule has 31 heavy (non-hydrogen) atoms. The molecule has 0 spiro atoms. The first kappa shape index (κ1) is 22.3. The summed E-state index contributed by atoms with van der Waals surface area (Å²) in [5.41, 5.74) is 1.72. The molecular formula is C22H19ClN2O5S. The van der Waals surface area contributed by atoms with Gasteiger partial charge < -0.3 is 10.1 Å². The van der Waals surface area contributed by atoms with Crippen molar-refractivity contribution >= 4 is 45.1 Å². The number of ether oxygens (including phenoxy) is 1. The molecule has 3 aromatic rings. The van der Waals surface area contributed by atoms with Crippen LogP contribution in [0.1, 0.15) is 26.3 Å². The Morgan fingerprint density at radius 2 is 1.65 bits per heavy atom. The third-order valence-corrected chi connectivity index (χ3v) is 6.65. The summed E-state index contributed by atoms with van der Waals surface area (Å²) in [4.78, 5) is 24.5. The van der Waals surface area contributed by atoms with Crippen LogP contribution in [0, 0.1) is 6.92 Å². The van der Waals surface area contributed by atoms with Crippen molar-refractivity contribution in [1.82, 2.24) is 0 Å². The highest BCUT2D eigenvalue weighted by Crippen LogP contribution is 2.27. The Balaban J connectivity index is 1.89. The number of rotatable bonds is 6. The second-order valence-corrected chi connectivity index (χ2v) is 8.90. The van der Waals surface area contributed by atoms with Crippen LogP contribution in [0.15, 0.2) is 77.7 Å². The van der Waals surface area contributed by atoms with Gasteiger partial charge in [-0.3, -0.25) is 4.79 Å². The van der Waals surface area contributed by atoms with Gasteiger partial charge in [0.2, 0.25) is 0 Å². The second kappa shape index (κ2) is 9.20. The number of hydrogen-bond donors (Lipinski definition) is 1. The number of halogens is 1. The molecule has 7 nitrogen and oxygen atoms in total. The number of amides is 1. The van der Waals surface area contributed by atoms with Crippen molar-refractivity contribution in [2.75, 3.05) is 16.3 Å². The van der Waals surface area contributed by atoms with Crippen LogP contribution >= 0.6 is 11.8 Å². The summed E-state index contributed by atoms with van der Waals surface area (Å²) in [6, 6.07) is 18.4. The molecule has 0 bridgehead atoms. The van der Waals surface area contributed by atoms with E-state index in [-0.39, 0.29) is 27.4 Å². The predicted octanol–water partition coefficient (Wildman–Crippen LogP) is 4.38. The lowest BCUT2D eigenvalue weighted by Gasteiger charge is -2.17. The maximum Gasteiger partial charge on any atom is 0.339 e. The lowest BCUT2D eigenvalue weighted by Crippen LogP contribution is -2.22. The van der Waals surface area contributed by atoms with Crippen molar-refractivity contribution in [2.24, 2.45) is 0 Å². The number of para-hydroxylation sites is 1. The Morgan fingerprint density at radius 1 is 0.968 bits per heavy atom. The van der Waals surface area contributed by atoms with Gasteiger partial charge in [-0.25, -0.2) is 4.79 Å². The molecule has 0 aliphatic heterocycles. The van der Waals surface area contributed by atoms with E-state index in [0.29, 0.717) is 3.82 Å².